The molecule has 2 rings (SSSR count). The lowest BCUT2D eigenvalue weighted by Crippen LogP contribution is -2.52. The Morgan fingerprint density at radius 2 is 2.29 bits per heavy atom. The van der Waals surface area contributed by atoms with Crippen molar-refractivity contribution in [1.29, 1.82) is 0 Å². The van der Waals surface area contributed by atoms with Crippen LogP contribution >= 0.6 is 0 Å². The molecule has 2 N–H and O–H groups in total. The van der Waals surface area contributed by atoms with Crippen LogP contribution in [0.1, 0.15) is 19.3 Å². The summed E-state index contributed by atoms with van der Waals surface area (Å²) >= 11 is 0. The Morgan fingerprint density at radius 1 is 1.36 bits per heavy atom. The first-order valence-electron chi connectivity index (χ1n) is 5.57. The smallest absolute Gasteiger partial charge is 0.234 e. The fourth-order valence-corrected chi connectivity index (χ4v) is 2.24. The van der Waals surface area contributed by atoms with E-state index in [1.54, 1.807) is 0 Å². The minimum absolute atomic E-state index is 0.173. The zero-order valence-electron chi connectivity index (χ0n) is 8.59. The summed E-state index contributed by atoms with van der Waals surface area (Å²) in [5.41, 5.74) is 0. The highest BCUT2D eigenvalue weighted by Crippen LogP contribution is 2.08. The van der Waals surface area contributed by atoms with Gasteiger partial charge in [-0.05, 0) is 19.4 Å². The van der Waals surface area contributed by atoms with Gasteiger partial charge in [0.15, 0.2) is 0 Å². The maximum absolute atomic E-state index is 11.1. The van der Waals surface area contributed by atoms with Crippen molar-refractivity contribution >= 4 is 5.91 Å². The highest BCUT2D eigenvalue weighted by atomic mass is 16.2. The summed E-state index contributed by atoms with van der Waals surface area (Å²) in [5.74, 6) is 0.173. The maximum Gasteiger partial charge on any atom is 0.234 e. The van der Waals surface area contributed by atoms with E-state index in [9.17, 15) is 4.79 Å². The van der Waals surface area contributed by atoms with Gasteiger partial charge in [-0.2, -0.15) is 0 Å². The van der Waals surface area contributed by atoms with Gasteiger partial charge in [0, 0.05) is 25.7 Å². The van der Waals surface area contributed by atoms with E-state index < -0.39 is 0 Å². The van der Waals surface area contributed by atoms with Crippen LogP contribution in [0.4, 0.5) is 0 Å². The number of nitrogens with one attached hydrogen (secondary N) is 2. The second-order valence-corrected chi connectivity index (χ2v) is 4.23. The largest absolute Gasteiger partial charge is 0.354 e. The van der Waals surface area contributed by atoms with Crippen molar-refractivity contribution in [3.8, 4) is 0 Å². The molecule has 0 saturated carbocycles. The van der Waals surface area contributed by atoms with Crippen molar-refractivity contribution in [2.45, 2.75) is 25.3 Å². The van der Waals surface area contributed by atoms with Crippen molar-refractivity contribution in [3.05, 3.63) is 0 Å². The number of piperazine rings is 1. The summed E-state index contributed by atoms with van der Waals surface area (Å²) in [7, 11) is 0. The molecular weight excluding hydrogens is 178 g/mol. The van der Waals surface area contributed by atoms with E-state index in [0.29, 0.717) is 12.6 Å². The number of amides is 1. The molecule has 0 aromatic heterocycles. The van der Waals surface area contributed by atoms with Crippen LogP contribution in [0.3, 0.4) is 0 Å². The van der Waals surface area contributed by atoms with Crippen LogP contribution in [0.5, 0.6) is 0 Å². The van der Waals surface area contributed by atoms with E-state index in [0.717, 1.165) is 26.2 Å². The van der Waals surface area contributed by atoms with E-state index in [1.165, 1.54) is 19.3 Å². The molecule has 4 nitrogen and oxygen atoms in total. The summed E-state index contributed by atoms with van der Waals surface area (Å²) in [6.45, 7) is 4.58. The number of rotatable bonds is 2. The van der Waals surface area contributed by atoms with Crippen LogP contribution in [0.15, 0.2) is 0 Å². The van der Waals surface area contributed by atoms with Gasteiger partial charge in [-0.3, -0.25) is 9.69 Å². The second-order valence-electron chi connectivity index (χ2n) is 4.23. The Bertz CT molecular complexity index is 202. The van der Waals surface area contributed by atoms with Gasteiger partial charge in [0.1, 0.15) is 0 Å². The van der Waals surface area contributed by atoms with Crippen LogP contribution in [0.2, 0.25) is 0 Å². The van der Waals surface area contributed by atoms with Crippen LogP contribution in [-0.4, -0.2) is 49.6 Å². The van der Waals surface area contributed by atoms with Crippen molar-refractivity contribution in [1.82, 2.24) is 15.5 Å². The van der Waals surface area contributed by atoms with E-state index >= 15 is 0 Å². The van der Waals surface area contributed by atoms with Crippen molar-refractivity contribution in [2.24, 2.45) is 0 Å². The molecule has 0 bridgehead atoms. The summed E-state index contributed by atoms with van der Waals surface area (Å²) < 4.78 is 0. The Morgan fingerprint density at radius 3 is 3.00 bits per heavy atom. The Balaban J connectivity index is 1.75. The average molecular weight is 197 g/mol. The van der Waals surface area contributed by atoms with Gasteiger partial charge in [0.2, 0.25) is 5.91 Å². The number of hydrogen-bond acceptors (Lipinski definition) is 3. The van der Waals surface area contributed by atoms with Gasteiger partial charge in [-0.1, -0.05) is 6.42 Å². The fourth-order valence-electron chi connectivity index (χ4n) is 2.24. The molecule has 80 valence electrons. The van der Waals surface area contributed by atoms with Crippen molar-refractivity contribution in [3.63, 3.8) is 0 Å². The molecule has 0 aromatic carbocycles. The Hall–Kier alpha value is -0.610. The van der Waals surface area contributed by atoms with Gasteiger partial charge >= 0.3 is 0 Å². The minimum Gasteiger partial charge on any atom is -0.354 e. The minimum atomic E-state index is 0.173. The third kappa shape index (κ3) is 2.69. The number of carbonyl (C=O) groups excluding carboxylic acids is 1. The van der Waals surface area contributed by atoms with E-state index in [2.05, 4.69) is 15.5 Å². The van der Waals surface area contributed by atoms with Crippen LogP contribution in [0.25, 0.3) is 0 Å². The molecule has 1 atom stereocenters. The summed E-state index contributed by atoms with van der Waals surface area (Å²) in [6, 6.07) is 0.606. The molecule has 2 saturated heterocycles. The van der Waals surface area contributed by atoms with Gasteiger partial charge in [-0.25, -0.2) is 0 Å². The number of piperidine rings is 1. The molecule has 2 heterocycles. The summed E-state index contributed by atoms with van der Waals surface area (Å²) in [6.07, 6.45) is 3.90. The predicted molar refractivity (Wildman–Crippen MR) is 55.1 cm³/mol. The van der Waals surface area contributed by atoms with Crippen LogP contribution < -0.4 is 10.6 Å². The fraction of sp³-hybridized carbons (Fsp3) is 0.900. The Labute approximate surface area is 85.0 Å². The zero-order valence-corrected chi connectivity index (χ0v) is 8.59. The number of nitrogens with zero attached hydrogens (tertiary/aromatic N) is 1. The highest BCUT2D eigenvalue weighted by molar-refractivity contribution is 5.78. The first kappa shape index (κ1) is 9.93. The van der Waals surface area contributed by atoms with Crippen molar-refractivity contribution < 1.29 is 4.79 Å². The lowest BCUT2D eigenvalue weighted by atomic mass is 10.0. The molecule has 0 spiro atoms. The summed E-state index contributed by atoms with van der Waals surface area (Å²) in [4.78, 5) is 13.4. The van der Waals surface area contributed by atoms with E-state index in [-0.39, 0.29) is 5.91 Å². The highest BCUT2D eigenvalue weighted by Gasteiger charge is 2.20. The average Bonchev–Trinajstić information content (AvgIpc) is 2.19. The molecule has 2 fully saturated rings. The Kier molecular flexibility index (Phi) is 3.37. The lowest BCUT2D eigenvalue weighted by molar-refractivity contribution is -0.124. The molecule has 0 unspecified atom stereocenters. The third-order valence-electron chi connectivity index (χ3n) is 3.01. The van der Waals surface area contributed by atoms with E-state index in [1.807, 2.05) is 0 Å². The lowest BCUT2D eigenvalue weighted by Gasteiger charge is -2.32. The van der Waals surface area contributed by atoms with Gasteiger partial charge < -0.3 is 10.6 Å². The van der Waals surface area contributed by atoms with Crippen molar-refractivity contribution in [2.75, 3.05) is 32.7 Å². The molecule has 0 radical (unpaired) electrons. The normalized spacial score (nSPS) is 30.0. The van der Waals surface area contributed by atoms with E-state index in [4.69, 9.17) is 0 Å². The number of carbonyl (C=O) groups is 1. The van der Waals surface area contributed by atoms with Gasteiger partial charge in [0.25, 0.3) is 0 Å². The topological polar surface area (TPSA) is 44.4 Å². The SMILES string of the molecule is O=C1CN(C[C@@H]2CCCCN2)CCN1. The molecule has 0 aliphatic carbocycles. The van der Waals surface area contributed by atoms with Crippen LogP contribution in [0, 0.1) is 0 Å². The quantitative estimate of drug-likeness (QED) is 0.631. The standard InChI is InChI=1S/C10H19N3O/c14-10-8-13(6-5-12-10)7-9-3-1-2-4-11-9/h9,11H,1-8H2,(H,12,14)/t9-/m0/s1. The van der Waals surface area contributed by atoms with Gasteiger partial charge in [-0.15, -0.1) is 0 Å². The molecule has 1 amide bonds. The zero-order chi connectivity index (χ0) is 9.80. The first-order valence-corrected chi connectivity index (χ1v) is 5.57. The predicted octanol–water partition coefficient (Wildman–Crippen LogP) is -0.440. The second kappa shape index (κ2) is 4.75. The van der Waals surface area contributed by atoms with Gasteiger partial charge in [0.05, 0.1) is 6.54 Å². The molecule has 14 heavy (non-hydrogen) atoms. The third-order valence-corrected chi connectivity index (χ3v) is 3.01. The summed E-state index contributed by atoms with van der Waals surface area (Å²) in [5, 5.41) is 6.36. The molecule has 4 heteroatoms. The van der Waals surface area contributed by atoms with Crippen LogP contribution in [-0.2, 0) is 4.79 Å². The molecule has 2 aliphatic rings. The molecule has 0 aromatic rings. The maximum atomic E-state index is 11.1. The first-order chi connectivity index (χ1) is 6.84. The molecule has 2 aliphatic heterocycles. The number of hydrogen-bond donors (Lipinski definition) is 2. The monoisotopic (exact) mass is 197 g/mol. The molecular formula is C10H19N3O.